The number of nitrogens with zero attached hydrogens (tertiary/aromatic N) is 8. The molecule has 0 aliphatic heterocycles. The third-order valence-corrected chi connectivity index (χ3v) is 6.22. The monoisotopic (exact) mass is 496 g/mol. The molecule has 0 saturated heterocycles. The molecule has 5 heterocycles. The van der Waals surface area contributed by atoms with Crippen LogP contribution < -0.4 is 9.64 Å². The second kappa shape index (κ2) is 10.1. The topological polar surface area (TPSA) is 97.2 Å². The second-order valence-electron chi connectivity index (χ2n) is 8.65. The van der Waals surface area contributed by atoms with Crippen molar-refractivity contribution >= 4 is 11.3 Å². The van der Waals surface area contributed by atoms with Crippen molar-refractivity contribution < 1.29 is 9.13 Å². The Balaban J connectivity index is 1.40. The number of rotatable bonds is 8. The molecule has 0 aliphatic rings. The molecule has 0 saturated carbocycles. The average molecular weight is 497 g/mol. The lowest BCUT2D eigenvalue weighted by Crippen LogP contribution is -2.22. The zero-order chi connectivity index (χ0) is 25.9. The normalized spacial score (nSPS) is 11.9. The number of pyridine rings is 3. The Morgan fingerprint density at radius 2 is 1.95 bits per heavy atom. The van der Waals surface area contributed by atoms with E-state index in [4.69, 9.17) is 9.72 Å². The maximum absolute atomic E-state index is 13.3. The Bertz CT molecular complexity index is 1570. The second-order valence-corrected chi connectivity index (χ2v) is 8.65. The highest BCUT2D eigenvalue weighted by Crippen LogP contribution is 2.32. The van der Waals surface area contributed by atoms with E-state index in [0.717, 1.165) is 35.1 Å². The highest BCUT2D eigenvalue weighted by atomic mass is 19.1. The first-order valence-electron chi connectivity index (χ1n) is 11.9. The van der Waals surface area contributed by atoms with E-state index in [0.29, 0.717) is 29.3 Å². The quantitative estimate of drug-likeness (QED) is 0.299. The molecule has 37 heavy (non-hydrogen) atoms. The van der Waals surface area contributed by atoms with Crippen LogP contribution in [0.2, 0.25) is 0 Å². The van der Waals surface area contributed by atoms with Crippen molar-refractivity contribution in [1.29, 1.82) is 5.26 Å². The van der Waals surface area contributed by atoms with E-state index in [-0.39, 0.29) is 6.04 Å². The molecule has 0 aliphatic carbocycles. The lowest BCUT2D eigenvalue weighted by Gasteiger charge is -2.26. The highest BCUT2D eigenvalue weighted by Gasteiger charge is 2.17. The number of aromatic nitrogens is 6. The van der Waals surface area contributed by atoms with Gasteiger partial charge in [0.05, 0.1) is 48.5 Å². The van der Waals surface area contributed by atoms with Gasteiger partial charge in [-0.1, -0.05) is 13.0 Å². The summed E-state index contributed by atoms with van der Waals surface area (Å²) in [6, 6.07) is 11.8. The van der Waals surface area contributed by atoms with Crippen LogP contribution in [-0.4, -0.2) is 43.0 Å². The van der Waals surface area contributed by atoms with Gasteiger partial charge in [0, 0.05) is 30.6 Å². The van der Waals surface area contributed by atoms with Gasteiger partial charge < -0.3 is 9.64 Å². The molecule has 0 N–H and O–H groups in total. The molecular weight excluding hydrogens is 471 g/mol. The van der Waals surface area contributed by atoms with Crippen LogP contribution in [0.15, 0.2) is 67.5 Å². The number of anilines is 1. The number of hydrogen-bond acceptors (Lipinski definition) is 7. The molecule has 10 heteroatoms. The summed E-state index contributed by atoms with van der Waals surface area (Å²) >= 11 is 0. The van der Waals surface area contributed by atoms with Crippen molar-refractivity contribution in [3.05, 3.63) is 84.5 Å². The minimum atomic E-state index is -0.411. The van der Waals surface area contributed by atoms with Crippen LogP contribution in [0, 0.1) is 17.1 Å². The minimum absolute atomic E-state index is 0.0215. The number of nitriles is 1. The van der Waals surface area contributed by atoms with Crippen molar-refractivity contribution in [2.24, 2.45) is 0 Å². The summed E-state index contributed by atoms with van der Waals surface area (Å²) in [6.07, 6.45) is 10.2. The van der Waals surface area contributed by atoms with Crippen LogP contribution in [0.25, 0.3) is 22.5 Å². The van der Waals surface area contributed by atoms with Gasteiger partial charge in [0.2, 0.25) is 0 Å². The van der Waals surface area contributed by atoms with Gasteiger partial charge in [0.15, 0.2) is 11.6 Å². The van der Waals surface area contributed by atoms with Gasteiger partial charge in [-0.25, -0.2) is 23.6 Å². The molecule has 5 rings (SSSR count). The number of fused-ring (bicyclic) bond motifs is 1. The minimum Gasteiger partial charge on any atom is -0.492 e. The van der Waals surface area contributed by atoms with Crippen molar-refractivity contribution in [1.82, 2.24) is 29.4 Å². The molecule has 0 unspecified atom stereocenters. The Morgan fingerprint density at radius 3 is 2.59 bits per heavy atom. The molecule has 186 valence electrons. The molecule has 0 aromatic carbocycles. The molecule has 0 spiro atoms. The molecule has 0 bridgehead atoms. The third-order valence-electron chi connectivity index (χ3n) is 6.22. The Hall–Kier alpha value is -4.78. The van der Waals surface area contributed by atoms with Gasteiger partial charge in [0.25, 0.3) is 0 Å². The van der Waals surface area contributed by atoms with Crippen molar-refractivity contribution in [3.63, 3.8) is 0 Å². The van der Waals surface area contributed by atoms with Gasteiger partial charge in [-0.15, -0.1) is 0 Å². The summed E-state index contributed by atoms with van der Waals surface area (Å²) in [7, 11) is 1.96. The first-order chi connectivity index (χ1) is 18.0. The van der Waals surface area contributed by atoms with Crippen LogP contribution in [0.4, 0.5) is 10.2 Å². The number of ether oxygens (including phenoxy) is 1. The van der Waals surface area contributed by atoms with E-state index in [9.17, 15) is 9.65 Å². The molecule has 5 aromatic rings. The third kappa shape index (κ3) is 4.71. The van der Waals surface area contributed by atoms with Crippen molar-refractivity contribution in [2.75, 3.05) is 18.6 Å². The predicted octanol–water partition coefficient (Wildman–Crippen LogP) is 4.97. The first-order valence-corrected chi connectivity index (χ1v) is 11.9. The molecule has 0 fully saturated rings. The predicted molar refractivity (Wildman–Crippen MR) is 137 cm³/mol. The maximum atomic E-state index is 13.3. The fourth-order valence-corrected chi connectivity index (χ4v) is 4.08. The number of halogens is 1. The SMILES string of the molecule is CCCOc1cc(-c2ccc(N(C)[C@@H](C)c3ccc(-n4cc(F)cn4)nc3)nc2)c2c(C#N)cnn2c1. The van der Waals surface area contributed by atoms with Crippen molar-refractivity contribution in [2.45, 2.75) is 26.3 Å². The van der Waals surface area contributed by atoms with Gasteiger partial charge in [-0.2, -0.15) is 15.5 Å². The summed E-state index contributed by atoms with van der Waals surface area (Å²) in [5.41, 5.74) is 3.86. The number of hydrogen-bond donors (Lipinski definition) is 0. The summed E-state index contributed by atoms with van der Waals surface area (Å²) < 4.78 is 22.2. The molecule has 5 aromatic heterocycles. The van der Waals surface area contributed by atoms with Gasteiger partial charge in [-0.05, 0) is 43.2 Å². The Kier molecular flexibility index (Phi) is 6.51. The van der Waals surface area contributed by atoms with Crippen LogP contribution >= 0.6 is 0 Å². The van der Waals surface area contributed by atoms with Gasteiger partial charge in [0.1, 0.15) is 17.6 Å². The van der Waals surface area contributed by atoms with E-state index in [1.807, 2.05) is 43.1 Å². The molecule has 0 amide bonds. The van der Waals surface area contributed by atoms with E-state index < -0.39 is 5.82 Å². The fourth-order valence-electron chi connectivity index (χ4n) is 4.08. The largest absolute Gasteiger partial charge is 0.492 e. The summed E-state index contributed by atoms with van der Waals surface area (Å²) in [6.45, 7) is 4.70. The Labute approximate surface area is 213 Å². The van der Waals surface area contributed by atoms with E-state index in [1.165, 1.54) is 10.9 Å². The fraction of sp³-hybridized carbons (Fsp3) is 0.222. The van der Waals surface area contributed by atoms with E-state index in [2.05, 4.69) is 28.2 Å². The van der Waals surface area contributed by atoms with Crippen LogP contribution in [0.3, 0.4) is 0 Å². The van der Waals surface area contributed by atoms with Gasteiger partial charge >= 0.3 is 0 Å². The molecule has 9 nitrogen and oxygen atoms in total. The van der Waals surface area contributed by atoms with Crippen molar-refractivity contribution in [3.8, 4) is 28.8 Å². The highest BCUT2D eigenvalue weighted by molar-refractivity contribution is 5.85. The van der Waals surface area contributed by atoms with Crippen LogP contribution in [-0.2, 0) is 0 Å². The molecule has 1 atom stereocenters. The summed E-state index contributed by atoms with van der Waals surface area (Å²) in [4.78, 5) is 11.2. The average Bonchev–Trinajstić information content (AvgIpc) is 3.56. The lowest BCUT2D eigenvalue weighted by atomic mass is 10.0. The van der Waals surface area contributed by atoms with E-state index in [1.54, 1.807) is 35.4 Å². The first kappa shape index (κ1) is 23.9. The van der Waals surface area contributed by atoms with E-state index >= 15 is 0 Å². The Morgan fingerprint density at radius 1 is 1.08 bits per heavy atom. The van der Waals surface area contributed by atoms with Gasteiger partial charge in [-0.3, -0.25) is 0 Å². The summed E-state index contributed by atoms with van der Waals surface area (Å²) in [5.74, 6) is 1.59. The molecular formula is C27H25FN8O. The molecule has 0 radical (unpaired) electrons. The van der Waals surface area contributed by atoms with Crippen LogP contribution in [0.1, 0.15) is 37.4 Å². The maximum Gasteiger partial charge on any atom is 0.161 e. The smallest absolute Gasteiger partial charge is 0.161 e. The summed E-state index contributed by atoms with van der Waals surface area (Å²) in [5, 5.41) is 17.9. The zero-order valence-electron chi connectivity index (χ0n) is 20.7. The standard InChI is InChI=1S/C27H25FN8O/c1-4-9-37-23-10-24(27-21(11-29)14-32-36(27)17-23)20-6-7-25(30-13-20)34(3)18(2)19-5-8-26(31-12-19)35-16-22(28)15-33-35/h5-8,10,12-18H,4,9H2,1-3H3/t18-/m0/s1. The van der Waals surface area contributed by atoms with Crippen LogP contribution in [0.5, 0.6) is 5.75 Å². The lowest BCUT2D eigenvalue weighted by molar-refractivity contribution is 0.315. The zero-order valence-corrected chi connectivity index (χ0v) is 20.7.